The molecule has 2 aromatic rings. The fourth-order valence-electron chi connectivity index (χ4n) is 3.07. The number of rotatable bonds is 10. The minimum absolute atomic E-state index is 0.179. The average molecular weight is 500 g/mol. The van der Waals surface area contributed by atoms with Crippen molar-refractivity contribution in [1.82, 2.24) is 15.1 Å². The number of nitrogens with zero attached hydrogens (tertiary/aromatic N) is 2. The number of benzene rings is 2. The number of amides is 4. The molecule has 0 bridgehead atoms. The van der Waals surface area contributed by atoms with E-state index in [4.69, 9.17) is 11.6 Å². The quantitative estimate of drug-likeness (QED) is 0.412. The number of halogens is 4. The van der Waals surface area contributed by atoms with Crippen molar-refractivity contribution in [1.29, 1.82) is 0 Å². The lowest BCUT2D eigenvalue weighted by Gasteiger charge is -2.27. The van der Waals surface area contributed by atoms with Crippen LogP contribution in [0, 0.1) is 0 Å². The van der Waals surface area contributed by atoms with Gasteiger partial charge in [-0.05, 0) is 61.6 Å². The summed E-state index contributed by atoms with van der Waals surface area (Å²) in [6.45, 7) is 7.04. The zero-order valence-electron chi connectivity index (χ0n) is 19.1. The first kappa shape index (κ1) is 27.3. The number of urea groups is 2. The van der Waals surface area contributed by atoms with Crippen molar-refractivity contribution in [3.05, 3.63) is 59.1 Å². The van der Waals surface area contributed by atoms with Crippen molar-refractivity contribution < 1.29 is 22.8 Å². The number of nitrogens with one attached hydrogen (secondary N) is 3. The van der Waals surface area contributed by atoms with E-state index in [1.54, 1.807) is 24.3 Å². The van der Waals surface area contributed by atoms with Crippen LogP contribution in [0.3, 0.4) is 0 Å². The topological polar surface area (TPSA) is 76.7 Å². The van der Waals surface area contributed by atoms with Crippen LogP contribution in [-0.4, -0.2) is 61.1 Å². The molecule has 0 fully saturated rings. The van der Waals surface area contributed by atoms with Crippen LogP contribution >= 0.6 is 11.6 Å². The number of carbonyl (C=O) groups is 2. The first-order valence-electron chi connectivity index (χ1n) is 10.9. The highest BCUT2D eigenvalue weighted by molar-refractivity contribution is 6.30. The molecule has 2 rings (SSSR count). The standard InChI is InChI=1S/C23H29ClF3N5O2/c1-3-31(4-2)15-16-32(14-13-28-21(33)29-19-11-7-18(24)8-12-19)22(34)30-20-9-5-17(6-10-20)23(25,26)27/h5-12H,3-4,13-16H2,1-2H3,(H,30,34)(H2,28,29,33). The van der Waals surface area contributed by atoms with Gasteiger partial charge in [0.2, 0.25) is 0 Å². The number of anilines is 2. The summed E-state index contributed by atoms with van der Waals surface area (Å²) in [4.78, 5) is 28.6. The average Bonchev–Trinajstić information content (AvgIpc) is 2.79. The lowest BCUT2D eigenvalue weighted by atomic mass is 10.2. The molecule has 0 aromatic heterocycles. The van der Waals surface area contributed by atoms with Gasteiger partial charge in [0, 0.05) is 42.6 Å². The van der Waals surface area contributed by atoms with Gasteiger partial charge in [-0.2, -0.15) is 13.2 Å². The second kappa shape index (κ2) is 13.0. The maximum Gasteiger partial charge on any atom is 0.416 e. The van der Waals surface area contributed by atoms with Crippen LogP contribution in [0.1, 0.15) is 19.4 Å². The summed E-state index contributed by atoms with van der Waals surface area (Å²) in [5.41, 5.74) is 0.0272. The van der Waals surface area contributed by atoms with Crippen molar-refractivity contribution in [2.24, 2.45) is 0 Å². The molecule has 7 nitrogen and oxygen atoms in total. The molecule has 0 unspecified atom stereocenters. The third-order valence-corrected chi connectivity index (χ3v) is 5.35. The van der Waals surface area contributed by atoms with Crippen LogP contribution in [0.25, 0.3) is 0 Å². The summed E-state index contributed by atoms with van der Waals surface area (Å²) in [6, 6.07) is 9.97. The van der Waals surface area contributed by atoms with E-state index in [0.29, 0.717) is 23.8 Å². The molecule has 0 heterocycles. The molecule has 11 heteroatoms. The van der Waals surface area contributed by atoms with Crippen molar-refractivity contribution in [2.75, 3.05) is 49.9 Å². The van der Waals surface area contributed by atoms with Crippen molar-refractivity contribution in [2.45, 2.75) is 20.0 Å². The van der Waals surface area contributed by atoms with Gasteiger partial charge in [-0.15, -0.1) is 0 Å². The Morgan fingerprint density at radius 2 is 1.41 bits per heavy atom. The van der Waals surface area contributed by atoms with E-state index in [1.807, 2.05) is 13.8 Å². The summed E-state index contributed by atoms with van der Waals surface area (Å²) in [5.74, 6) is 0. The normalized spacial score (nSPS) is 11.3. The Morgan fingerprint density at radius 3 is 1.97 bits per heavy atom. The van der Waals surface area contributed by atoms with E-state index in [2.05, 4.69) is 20.9 Å². The Morgan fingerprint density at radius 1 is 0.853 bits per heavy atom. The zero-order chi connectivity index (χ0) is 25.1. The van der Waals surface area contributed by atoms with E-state index in [0.717, 1.165) is 25.2 Å². The predicted octanol–water partition coefficient (Wildman–Crippen LogP) is 5.36. The summed E-state index contributed by atoms with van der Waals surface area (Å²) in [6.07, 6.45) is -4.45. The molecule has 186 valence electrons. The highest BCUT2D eigenvalue weighted by Gasteiger charge is 2.30. The van der Waals surface area contributed by atoms with Gasteiger partial charge in [0.25, 0.3) is 0 Å². The summed E-state index contributed by atoms with van der Waals surface area (Å²) in [5, 5.41) is 8.54. The fraction of sp³-hybridized carbons (Fsp3) is 0.391. The maximum absolute atomic E-state index is 12.8. The van der Waals surface area contributed by atoms with E-state index in [9.17, 15) is 22.8 Å². The third-order valence-electron chi connectivity index (χ3n) is 5.10. The number of hydrogen-bond acceptors (Lipinski definition) is 3. The highest BCUT2D eigenvalue weighted by Crippen LogP contribution is 2.29. The molecule has 2 aromatic carbocycles. The maximum atomic E-state index is 12.8. The summed E-state index contributed by atoms with van der Waals surface area (Å²) < 4.78 is 38.3. The molecule has 34 heavy (non-hydrogen) atoms. The second-order valence-electron chi connectivity index (χ2n) is 7.41. The van der Waals surface area contributed by atoms with Crippen LogP contribution < -0.4 is 16.0 Å². The first-order chi connectivity index (χ1) is 16.1. The second-order valence-corrected chi connectivity index (χ2v) is 7.84. The Kier molecular flexibility index (Phi) is 10.5. The molecule has 0 aliphatic rings. The van der Waals surface area contributed by atoms with E-state index in [1.165, 1.54) is 17.0 Å². The largest absolute Gasteiger partial charge is 0.416 e. The zero-order valence-corrected chi connectivity index (χ0v) is 19.8. The highest BCUT2D eigenvalue weighted by atomic mass is 35.5. The summed E-state index contributed by atoms with van der Waals surface area (Å²) >= 11 is 5.83. The Balaban J connectivity index is 1.95. The Hall–Kier alpha value is -2.98. The van der Waals surface area contributed by atoms with Gasteiger partial charge in [0.05, 0.1) is 5.56 Å². The molecule has 0 atom stereocenters. The van der Waals surface area contributed by atoms with E-state index >= 15 is 0 Å². The smallest absolute Gasteiger partial charge is 0.336 e. The molecule has 0 saturated heterocycles. The van der Waals surface area contributed by atoms with Crippen molar-refractivity contribution >= 4 is 35.0 Å². The van der Waals surface area contributed by atoms with Gasteiger partial charge >= 0.3 is 18.2 Å². The van der Waals surface area contributed by atoms with Gasteiger partial charge in [-0.3, -0.25) is 0 Å². The van der Waals surface area contributed by atoms with Gasteiger partial charge in [-0.1, -0.05) is 25.4 Å². The SMILES string of the molecule is CCN(CC)CCN(CCNC(=O)Nc1ccc(Cl)cc1)C(=O)Nc1ccc(C(F)(F)F)cc1. The molecule has 0 spiro atoms. The molecule has 0 radical (unpaired) electrons. The van der Waals surface area contributed by atoms with Gasteiger partial charge in [0.15, 0.2) is 0 Å². The van der Waals surface area contributed by atoms with Crippen LogP contribution in [0.5, 0.6) is 0 Å². The first-order valence-corrected chi connectivity index (χ1v) is 11.3. The molecule has 0 saturated carbocycles. The lowest BCUT2D eigenvalue weighted by molar-refractivity contribution is -0.137. The van der Waals surface area contributed by atoms with Crippen LogP contribution in [0.15, 0.2) is 48.5 Å². The summed E-state index contributed by atoms with van der Waals surface area (Å²) in [7, 11) is 0. The molecule has 3 N–H and O–H groups in total. The fourth-order valence-corrected chi connectivity index (χ4v) is 3.20. The Labute approximate surface area is 202 Å². The van der Waals surface area contributed by atoms with Crippen molar-refractivity contribution in [3.63, 3.8) is 0 Å². The van der Waals surface area contributed by atoms with E-state index in [-0.39, 0.29) is 18.8 Å². The molecule has 4 amide bonds. The predicted molar refractivity (Wildman–Crippen MR) is 128 cm³/mol. The molecule has 0 aliphatic heterocycles. The van der Waals surface area contributed by atoms with E-state index < -0.39 is 23.8 Å². The number of likely N-dealkylation sites (N-methyl/N-ethyl adjacent to an activating group) is 1. The minimum atomic E-state index is -4.45. The monoisotopic (exact) mass is 499 g/mol. The number of hydrogen-bond donors (Lipinski definition) is 3. The number of alkyl halides is 3. The van der Waals surface area contributed by atoms with Crippen molar-refractivity contribution in [3.8, 4) is 0 Å². The lowest BCUT2D eigenvalue weighted by Crippen LogP contribution is -2.45. The van der Waals surface area contributed by atoms with Crippen LogP contribution in [0.4, 0.5) is 34.1 Å². The van der Waals surface area contributed by atoms with Gasteiger partial charge in [0.1, 0.15) is 0 Å². The van der Waals surface area contributed by atoms with Gasteiger partial charge < -0.3 is 25.8 Å². The molecular formula is C23H29ClF3N5O2. The molecule has 0 aliphatic carbocycles. The molecular weight excluding hydrogens is 471 g/mol. The van der Waals surface area contributed by atoms with Gasteiger partial charge in [-0.25, -0.2) is 9.59 Å². The number of carbonyl (C=O) groups excluding carboxylic acids is 2. The van der Waals surface area contributed by atoms with Crippen LogP contribution in [0.2, 0.25) is 5.02 Å². The minimum Gasteiger partial charge on any atom is -0.336 e. The Bertz CT molecular complexity index is 920. The third kappa shape index (κ3) is 9.11. The van der Waals surface area contributed by atoms with Crippen LogP contribution in [-0.2, 0) is 6.18 Å².